The number of carbonyl (C=O) groups excluding carboxylic acids is 1. The first kappa shape index (κ1) is 10.2. The average Bonchev–Trinajstić information content (AvgIpc) is 2.61. The maximum Gasteiger partial charge on any atom is 0.416 e. The molecule has 1 aromatic rings. The number of aldehydes is 1. The first-order valence-corrected chi connectivity index (χ1v) is 4.41. The maximum atomic E-state index is 12.6. The molecule has 0 aliphatic carbocycles. The van der Waals surface area contributed by atoms with Crippen molar-refractivity contribution in [2.75, 3.05) is 0 Å². The van der Waals surface area contributed by atoms with Gasteiger partial charge in [0.05, 0.1) is 5.56 Å². The summed E-state index contributed by atoms with van der Waals surface area (Å²) in [6, 6.07) is 2.40. The molecule has 0 atom stereocenters. The van der Waals surface area contributed by atoms with E-state index in [0.29, 0.717) is 18.4 Å². The third-order valence-electron chi connectivity index (χ3n) is 2.42. The second-order valence-electron chi connectivity index (χ2n) is 3.43. The van der Waals surface area contributed by atoms with Crippen LogP contribution in [-0.2, 0) is 19.3 Å². The summed E-state index contributed by atoms with van der Waals surface area (Å²) in [5, 5.41) is 2.84. The summed E-state index contributed by atoms with van der Waals surface area (Å²) in [6.07, 6.45) is -3.96. The van der Waals surface area contributed by atoms with E-state index in [1.807, 2.05) is 0 Å². The van der Waals surface area contributed by atoms with Gasteiger partial charge < -0.3 is 5.32 Å². The molecule has 0 fully saturated rings. The molecule has 0 unspecified atom stereocenters. The third-order valence-corrected chi connectivity index (χ3v) is 2.42. The van der Waals surface area contributed by atoms with Crippen molar-refractivity contribution in [2.24, 2.45) is 0 Å². The molecule has 2 nitrogen and oxygen atoms in total. The Balaban J connectivity index is 2.62. The first-order chi connectivity index (χ1) is 7.02. The zero-order valence-electron chi connectivity index (χ0n) is 7.69. The van der Waals surface area contributed by atoms with Gasteiger partial charge in [0.2, 0.25) is 0 Å². The van der Waals surface area contributed by atoms with Crippen molar-refractivity contribution in [3.05, 3.63) is 34.4 Å². The number of alkyl halides is 3. The zero-order valence-corrected chi connectivity index (χ0v) is 7.69. The fraction of sp³-hybridized carbons (Fsp3) is 0.300. The molecule has 5 heteroatoms. The Hall–Kier alpha value is -1.36. The van der Waals surface area contributed by atoms with E-state index in [4.69, 9.17) is 0 Å². The van der Waals surface area contributed by atoms with E-state index in [2.05, 4.69) is 5.32 Å². The lowest BCUT2D eigenvalue weighted by atomic mass is 10.00. The van der Waals surface area contributed by atoms with Crippen molar-refractivity contribution in [3.63, 3.8) is 0 Å². The van der Waals surface area contributed by atoms with Crippen LogP contribution in [0, 0.1) is 0 Å². The Morgan fingerprint density at radius 3 is 2.60 bits per heavy atom. The van der Waals surface area contributed by atoms with E-state index in [1.165, 1.54) is 6.07 Å². The molecule has 80 valence electrons. The second kappa shape index (κ2) is 3.34. The summed E-state index contributed by atoms with van der Waals surface area (Å²) in [5.74, 6) is 0. The van der Waals surface area contributed by atoms with Crippen molar-refractivity contribution in [1.29, 1.82) is 0 Å². The largest absolute Gasteiger partial charge is 0.416 e. The van der Waals surface area contributed by atoms with Crippen LogP contribution in [0.15, 0.2) is 12.1 Å². The summed E-state index contributed by atoms with van der Waals surface area (Å²) in [7, 11) is 0. The van der Waals surface area contributed by atoms with Crippen LogP contribution in [0.25, 0.3) is 0 Å². The lowest BCUT2D eigenvalue weighted by Crippen LogP contribution is -2.10. The topological polar surface area (TPSA) is 29.1 Å². The zero-order chi connectivity index (χ0) is 11.1. The first-order valence-electron chi connectivity index (χ1n) is 4.41. The van der Waals surface area contributed by atoms with Gasteiger partial charge in [-0.2, -0.15) is 13.2 Å². The molecule has 0 bridgehead atoms. The molecular formula is C10H8F3NO. The monoisotopic (exact) mass is 215 g/mol. The number of hydrogen-bond acceptors (Lipinski definition) is 2. The SMILES string of the molecule is O=Cc1cc2c(c(C(F)(F)F)c1)CNC2. The molecule has 1 aromatic carbocycles. The van der Waals surface area contributed by atoms with E-state index in [-0.39, 0.29) is 17.7 Å². The van der Waals surface area contributed by atoms with Gasteiger partial charge in [-0.05, 0) is 23.3 Å². The minimum absolute atomic E-state index is 0.0739. The Bertz CT molecular complexity index is 412. The molecule has 0 amide bonds. The lowest BCUT2D eigenvalue weighted by Gasteiger charge is -2.12. The van der Waals surface area contributed by atoms with E-state index >= 15 is 0 Å². The molecule has 15 heavy (non-hydrogen) atoms. The maximum absolute atomic E-state index is 12.6. The molecule has 0 saturated carbocycles. The number of fused-ring (bicyclic) bond motifs is 1. The molecule has 1 aliphatic heterocycles. The van der Waals surface area contributed by atoms with Crippen LogP contribution in [0.1, 0.15) is 27.0 Å². The number of nitrogens with one attached hydrogen (secondary N) is 1. The highest BCUT2D eigenvalue weighted by Crippen LogP contribution is 2.35. The van der Waals surface area contributed by atoms with E-state index in [9.17, 15) is 18.0 Å². The Morgan fingerprint density at radius 1 is 1.27 bits per heavy atom. The number of rotatable bonds is 1. The summed E-state index contributed by atoms with van der Waals surface area (Å²) in [4.78, 5) is 10.5. The summed E-state index contributed by atoms with van der Waals surface area (Å²) in [6.45, 7) is 0.601. The van der Waals surface area contributed by atoms with Crippen LogP contribution in [0.3, 0.4) is 0 Å². The summed E-state index contributed by atoms with van der Waals surface area (Å²) < 4.78 is 37.8. The molecular weight excluding hydrogens is 207 g/mol. The van der Waals surface area contributed by atoms with Crippen LogP contribution in [-0.4, -0.2) is 6.29 Å². The third kappa shape index (κ3) is 1.74. The van der Waals surface area contributed by atoms with E-state index in [0.717, 1.165) is 6.07 Å². The Morgan fingerprint density at radius 2 is 2.00 bits per heavy atom. The molecule has 1 heterocycles. The normalized spacial score (nSPS) is 15.1. The lowest BCUT2D eigenvalue weighted by molar-refractivity contribution is -0.138. The van der Waals surface area contributed by atoms with Crippen molar-refractivity contribution >= 4 is 6.29 Å². The number of halogens is 3. The summed E-state index contributed by atoms with van der Waals surface area (Å²) >= 11 is 0. The van der Waals surface area contributed by atoms with Gasteiger partial charge >= 0.3 is 6.18 Å². The van der Waals surface area contributed by atoms with Crippen LogP contribution < -0.4 is 5.32 Å². The summed E-state index contributed by atoms with van der Waals surface area (Å²) in [5.41, 5.74) is 0.192. The van der Waals surface area contributed by atoms with Gasteiger partial charge in [-0.1, -0.05) is 0 Å². The molecule has 0 radical (unpaired) electrons. The number of hydrogen-bond donors (Lipinski definition) is 1. The molecule has 0 saturated heterocycles. The Kier molecular flexibility index (Phi) is 2.26. The van der Waals surface area contributed by atoms with Gasteiger partial charge in [-0.3, -0.25) is 4.79 Å². The van der Waals surface area contributed by atoms with Crippen molar-refractivity contribution in [2.45, 2.75) is 19.3 Å². The minimum Gasteiger partial charge on any atom is -0.309 e. The van der Waals surface area contributed by atoms with Crippen LogP contribution >= 0.6 is 0 Å². The predicted molar refractivity (Wildman–Crippen MR) is 47.4 cm³/mol. The van der Waals surface area contributed by atoms with E-state index < -0.39 is 11.7 Å². The molecule has 1 N–H and O–H groups in total. The highest BCUT2D eigenvalue weighted by atomic mass is 19.4. The van der Waals surface area contributed by atoms with Crippen LogP contribution in [0.5, 0.6) is 0 Å². The Labute approximate surface area is 84.1 Å². The fourth-order valence-electron chi connectivity index (χ4n) is 1.77. The molecule has 0 spiro atoms. The van der Waals surface area contributed by atoms with Crippen LogP contribution in [0.4, 0.5) is 13.2 Å². The fourth-order valence-corrected chi connectivity index (χ4v) is 1.77. The number of benzene rings is 1. The van der Waals surface area contributed by atoms with Gasteiger partial charge in [0.15, 0.2) is 0 Å². The second-order valence-corrected chi connectivity index (χ2v) is 3.43. The van der Waals surface area contributed by atoms with Crippen molar-refractivity contribution in [1.82, 2.24) is 5.32 Å². The molecule has 0 aromatic heterocycles. The number of carbonyl (C=O) groups is 1. The van der Waals surface area contributed by atoms with Crippen molar-refractivity contribution < 1.29 is 18.0 Å². The minimum atomic E-state index is -4.39. The van der Waals surface area contributed by atoms with E-state index in [1.54, 1.807) is 0 Å². The van der Waals surface area contributed by atoms with Crippen molar-refractivity contribution in [3.8, 4) is 0 Å². The predicted octanol–water partition coefficient (Wildman–Crippen LogP) is 2.12. The average molecular weight is 215 g/mol. The van der Waals surface area contributed by atoms with Crippen LogP contribution in [0.2, 0.25) is 0 Å². The molecule has 1 aliphatic rings. The van der Waals surface area contributed by atoms with Gasteiger partial charge in [-0.15, -0.1) is 0 Å². The highest BCUT2D eigenvalue weighted by Gasteiger charge is 2.35. The highest BCUT2D eigenvalue weighted by molar-refractivity contribution is 5.76. The van der Waals surface area contributed by atoms with Gasteiger partial charge in [0, 0.05) is 18.7 Å². The molecule has 2 rings (SSSR count). The smallest absolute Gasteiger partial charge is 0.309 e. The van der Waals surface area contributed by atoms with Gasteiger partial charge in [0.1, 0.15) is 6.29 Å². The van der Waals surface area contributed by atoms with Gasteiger partial charge in [0.25, 0.3) is 0 Å². The quantitative estimate of drug-likeness (QED) is 0.727. The van der Waals surface area contributed by atoms with Gasteiger partial charge in [-0.25, -0.2) is 0 Å². The standard InChI is InChI=1S/C10H8F3NO/c11-10(12,13)9-2-6(5-15)1-7-3-14-4-8(7)9/h1-2,5,14H,3-4H2.